The maximum absolute atomic E-state index is 12.4. The van der Waals surface area contributed by atoms with E-state index in [0.717, 1.165) is 16.8 Å². The van der Waals surface area contributed by atoms with E-state index in [9.17, 15) is 4.79 Å². The molecule has 2 aromatic carbocycles. The van der Waals surface area contributed by atoms with Crippen molar-refractivity contribution in [3.8, 4) is 22.8 Å². The van der Waals surface area contributed by atoms with Gasteiger partial charge in [-0.15, -0.1) is 10.2 Å². The van der Waals surface area contributed by atoms with Crippen LogP contribution in [0.2, 0.25) is 5.02 Å². The van der Waals surface area contributed by atoms with Crippen molar-refractivity contribution in [2.45, 2.75) is 5.16 Å². The number of halogens is 1. The summed E-state index contributed by atoms with van der Waals surface area (Å²) in [6.07, 6.45) is 4.92. The van der Waals surface area contributed by atoms with Crippen LogP contribution in [0.5, 0.6) is 5.75 Å². The number of hydrazone groups is 1. The largest absolute Gasteiger partial charge is 0.496 e. The van der Waals surface area contributed by atoms with Crippen molar-refractivity contribution < 1.29 is 9.53 Å². The van der Waals surface area contributed by atoms with Gasteiger partial charge < -0.3 is 4.74 Å². The first-order valence-electron chi connectivity index (χ1n) is 9.85. The van der Waals surface area contributed by atoms with E-state index in [-0.39, 0.29) is 11.7 Å². The fourth-order valence-corrected chi connectivity index (χ4v) is 3.85. The van der Waals surface area contributed by atoms with E-state index >= 15 is 0 Å². The predicted octanol–water partition coefficient (Wildman–Crippen LogP) is 4.23. The topological polar surface area (TPSA) is 94.3 Å². The zero-order chi connectivity index (χ0) is 23.0. The van der Waals surface area contributed by atoms with Crippen molar-refractivity contribution in [3.63, 3.8) is 0 Å². The zero-order valence-corrected chi connectivity index (χ0v) is 19.1. The number of aromatic nitrogens is 4. The van der Waals surface area contributed by atoms with Crippen LogP contribution >= 0.6 is 23.4 Å². The molecule has 2 heterocycles. The third-order valence-corrected chi connectivity index (χ3v) is 5.70. The van der Waals surface area contributed by atoms with E-state index in [2.05, 4.69) is 25.7 Å². The molecule has 0 spiro atoms. The number of pyridine rings is 1. The Morgan fingerprint density at radius 2 is 1.88 bits per heavy atom. The van der Waals surface area contributed by atoms with Gasteiger partial charge in [-0.3, -0.25) is 14.3 Å². The molecule has 1 amide bonds. The van der Waals surface area contributed by atoms with Gasteiger partial charge in [0, 0.05) is 34.2 Å². The highest BCUT2D eigenvalue weighted by molar-refractivity contribution is 7.99. The van der Waals surface area contributed by atoms with Crippen LogP contribution < -0.4 is 10.2 Å². The summed E-state index contributed by atoms with van der Waals surface area (Å²) >= 11 is 7.31. The Morgan fingerprint density at radius 1 is 1.12 bits per heavy atom. The Morgan fingerprint density at radius 3 is 2.64 bits per heavy atom. The number of nitrogens with one attached hydrogen (secondary N) is 1. The highest BCUT2D eigenvalue weighted by Crippen LogP contribution is 2.28. The lowest BCUT2D eigenvalue weighted by atomic mass is 10.2. The first-order chi connectivity index (χ1) is 16.2. The number of hydrogen-bond donors (Lipinski definition) is 1. The highest BCUT2D eigenvalue weighted by atomic mass is 35.5. The van der Waals surface area contributed by atoms with Crippen LogP contribution in [0.25, 0.3) is 17.1 Å². The minimum atomic E-state index is -0.276. The van der Waals surface area contributed by atoms with Crippen molar-refractivity contribution in [1.29, 1.82) is 0 Å². The van der Waals surface area contributed by atoms with Gasteiger partial charge in [0.25, 0.3) is 5.91 Å². The number of carbonyl (C=O) groups excluding carboxylic acids is 1. The smallest absolute Gasteiger partial charge is 0.250 e. The van der Waals surface area contributed by atoms with Crippen LogP contribution in [0.4, 0.5) is 0 Å². The van der Waals surface area contributed by atoms with E-state index in [1.807, 2.05) is 53.1 Å². The number of ether oxygens (including phenoxy) is 1. The molecule has 2 aromatic heterocycles. The quantitative estimate of drug-likeness (QED) is 0.231. The second kappa shape index (κ2) is 10.8. The summed E-state index contributed by atoms with van der Waals surface area (Å²) in [6.45, 7) is 0. The van der Waals surface area contributed by atoms with Gasteiger partial charge in [-0.1, -0.05) is 35.5 Å². The monoisotopic (exact) mass is 478 g/mol. The molecule has 0 unspecified atom stereocenters. The number of para-hydroxylation sites is 1. The van der Waals surface area contributed by atoms with E-state index in [0.29, 0.717) is 21.8 Å². The lowest BCUT2D eigenvalue weighted by molar-refractivity contribution is -0.118. The average Bonchev–Trinajstić information content (AvgIpc) is 3.28. The van der Waals surface area contributed by atoms with E-state index < -0.39 is 0 Å². The Bertz CT molecular complexity index is 1260. The molecule has 4 aromatic rings. The minimum absolute atomic E-state index is 0.103. The maximum atomic E-state index is 12.4. The van der Waals surface area contributed by atoms with Crippen LogP contribution in [0.15, 0.2) is 83.3 Å². The number of hydrogen-bond acceptors (Lipinski definition) is 7. The summed E-state index contributed by atoms with van der Waals surface area (Å²) in [5.74, 6) is 1.13. The molecular formula is C23H19ClN6O2S. The molecule has 0 radical (unpaired) electrons. The summed E-state index contributed by atoms with van der Waals surface area (Å²) in [5.41, 5.74) is 4.97. The molecular weight excluding hydrogens is 460 g/mol. The molecule has 0 aliphatic rings. The van der Waals surface area contributed by atoms with E-state index in [4.69, 9.17) is 16.3 Å². The van der Waals surface area contributed by atoms with Gasteiger partial charge >= 0.3 is 0 Å². The number of rotatable bonds is 8. The summed E-state index contributed by atoms with van der Waals surface area (Å²) in [5, 5.41) is 13.9. The molecule has 0 bridgehead atoms. The number of methoxy groups -OCH3 is 1. The van der Waals surface area contributed by atoms with E-state index in [1.165, 1.54) is 11.8 Å². The van der Waals surface area contributed by atoms with Crippen LogP contribution in [-0.2, 0) is 4.79 Å². The molecule has 33 heavy (non-hydrogen) atoms. The van der Waals surface area contributed by atoms with Gasteiger partial charge in [-0.2, -0.15) is 5.10 Å². The molecule has 10 heteroatoms. The van der Waals surface area contributed by atoms with Gasteiger partial charge in [0.15, 0.2) is 11.0 Å². The molecule has 166 valence electrons. The van der Waals surface area contributed by atoms with Gasteiger partial charge in [0.05, 0.1) is 19.1 Å². The zero-order valence-electron chi connectivity index (χ0n) is 17.6. The molecule has 8 nitrogen and oxygen atoms in total. The first-order valence-corrected chi connectivity index (χ1v) is 11.2. The van der Waals surface area contributed by atoms with Crippen LogP contribution in [0.1, 0.15) is 5.56 Å². The minimum Gasteiger partial charge on any atom is -0.496 e. The Balaban J connectivity index is 1.50. The molecule has 4 rings (SSSR count). The molecule has 0 aliphatic carbocycles. The number of amides is 1. The second-order valence-corrected chi connectivity index (χ2v) is 8.06. The van der Waals surface area contributed by atoms with Crippen molar-refractivity contribution >= 4 is 35.5 Å². The van der Waals surface area contributed by atoms with E-state index in [1.54, 1.807) is 37.9 Å². The molecule has 0 atom stereocenters. The highest BCUT2D eigenvalue weighted by Gasteiger charge is 2.17. The molecule has 0 fully saturated rings. The Labute approximate surface area is 199 Å². The third-order valence-electron chi connectivity index (χ3n) is 4.52. The number of thioether (sulfide) groups is 1. The Kier molecular flexibility index (Phi) is 7.33. The Hall–Kier alpha value is -3.69. The van der Waals surface area contributed by atoms with Crippen molar-refractivity contribution in [2.24, 2.45) is 5.10 Å². The number of benzene rings is 2. The predicted molar refractivity (Wildman–Crippen MR) is 129 cm³/mol. The fourth-order valence-electron chi connectivity index (χ4n) is 2.98. The summed E-state index contributed by atoms with van der Waals surface area (Å²) in [7, 11) is 1.58. The third kappa shape index (κ3) is 5.57. The van der Waals surface area contributed by atoms with Crippen molar-refractivity contribution in [3.05, 3.63) is 83.6 Å². The standard InChI is InChI=1S/C23H19ClN6O2S/c1-32-20-5-3-2-4-17(20)14-26-27-21(31)15-33-23-29-28-22(16-10-12-25-13-11-16)30(23)19-8-6-18(24)7-9-19/h2-14H,15H2,1H3,(H,27,31). The first kappa shape index (κ1) is 22.5. The van der Waals surface area contributed by atoms with Crippen LogP contribution in [0.3, 0.4) is 0 Å². The summed E-state index contributed by atoms with van der Waals surface area (Å²) in [4.78, 5) is 16.4. The van der Waals surface area contributed by atoms with Gasteiger partial charge in [-0.25, -0.2) is 5.43 Å². The van der Waals surface area contributed by atoms with Gasteiger partial charge in [-0.05, 0) is 48.5 Å². The normalized spacial score (nSPS) is 11.0. The lowest BCUT2D eigenvalue weighted by Crippen LogP contribution is -2.20. The summed E-state index contributed by atoms with van der Waals surface area (Å²) in [6, 6.07) is 18.4. The molecule has 1 N–H and O–H groups in total. The van der Waals surface area contributed by atoms with Crippen LogP contribution in [0, 0.1) is 0 Å². The SMILES string of the molecule is COc1ccccc1C=NNC(=O)CSc1nnc(-c2ccncc2)n1-c1ccc(Cl)cc1. The average molecular weight is 479 g/mol. The summed E-state index contributed by atoms with van der Waals surface area (Å²) < 4.78 is 7.15. The van der Waals surface area contributed by atoms with Crippen molar-refractivity contribution in [2.75, 3.05) is 12.9 Å². The second-order valence-electron chi connectivity index (χ2n) is 6.68. The number of nitrogens with zero attached hydrogens (tertiary/aromatic N) is 5. The van der Waals surface area contributed by atoms with Gasteiger partial charge in [0.1, 0.15) is 5.75 Å². The molecule has 0 aliphatic heterocycles. The fraction of sp³-hybridized carbons (Fsp3) is 0.0870. The number of carbonyl (C=O) groups is 1. The lowest BCUT2D eigenvalue weighted by Gasteiger charge is -2.10. The molecule has 0 saturated heterocycles. The van der Waals surface area contributed by atoms with Gasteiger partial charge in [0.2, 0.25) is 0 Å². The van der Waals surface area contributed by atoms with Crippen molar-refractivity contribution in [1.82, 2.24) is 25.2 Å². The molecule has 0 saturated carbocycles. The van der Waals surface area contributed by atoms with Crippen LogP contribution in [-0.4, -0.2) is 44.7 Å². The maximum Gasteiger partial charge on any atom is 0.250 e.